The van der Waals surface area contributed by atoms with Gasteiger partial charge in [-0.05, 0) is 44.5 Å². The molecule has 0 saturated carbocycles. The van der Waals surface area contributed by atoms with Crippen molar-refractivity contribution in [3.8, 4) is 5.75 Å². The normalized spacial score (nSPS) is 20.7. The van der Waals surface area contributed by atoms with E-state index in [0.29, 0.717) is 11.8 Å². The lowest BCUT2D eigenvalue weighted by atomic mass is 9.83. The molecule has 2 unspecified atom stereocenters. The van der Waals surface area contributed by atoms with E-state index in [-0.39, 0.29) is 5.92 Å². The van der Waals surface area contributed by atoms with Crippen molar-refractivity contribution in [1.29, 1.82) is 0 Å². The van der Waals surface area contributed by atoms with Crippen LogP contribution in [-0.2, 0) is 0 Å². The molecular weight excluding hydrogens is 270 g/mol. The van der Waals surface area contributed by atoms with Crippen molar-refractivity contribution in [2.24, 2.45) is 0 Å². The van der Waals surface area contributed by atoms with E-state index < -0.39 is 0 Å². The summed E-state index contributed by atoms with van der Waals surface area (Å²) in [5.41, 5.74) is 2.34. The maximum atomic E-state index is 10.3. The van der Waals surface area contributed by atoms with E-state index in [2.05, 4.69) is 48.3 Å². The molecule has 3 rings (SSSR count). The summed E-state index contributed by atoms with van der Waals surface area (Å²) in [6.45, 7) is 1.19. The number of hydrogen-bond donors (Lipinski definition) is 1. The van der Waals surface area contributed by atoms with Crippen LogP contribution < -0.4 is 0 Å². The number of nitrogens with zero attached hydrogens (tertiary/aromatic N) is 1. The lowest BCUT2D eigenvalue weighted by molar-refractivity contribution is 0.171. The summed E-state index contributed by atoms with van der Waals surface area (Å²) in [4.78, 5) is 2.49. The van der Waals surface area contributed by atoms with E-state index in [9.17, 15) is 5.11 Å². The molecule has 1 aliphatic rings. The van der Waals surface area contributed by atoms with Gasteiger partial charge in [0, 0.05) is 17.5 Å². The highest BCUT2D eigenvalue weighted by atomic mass is 16.3. The number of benzene rings is 2. The van der Waals surface area contributed by atoms with Crippen LogP contribution in [0.5, 0.6) is 5.75 Å². The average molecular weight is 295 g/mol. The Morgan fingerprint density at radius 3 is 2.50 bits per heavy atom. The molecule has 0 aromatic heterocycles. The van der Waals surface area contributed by atoms with Crippen molar-refractivity contribution < 1.29 is 5.11 Å². The number of para-hydroxylation sites is 1. The number of phenolic OH excluding ortho intramolecular Hbond substituents is 1. The van der Waals surface area contributed by atoms with E-state index in [1.165, 1.54) is 31.4 Å². The van der Waals surface area contributed by atoms with Gasteiger partial charge in [0.25, 0.3) is 0 Å². The quantitative estimate of drug-likeness (QED) is 0.903. The van der Waals surface area contributed by atoms with Crippen molar-refractivity contribution in [2.75, 3.05) is 13.6 Å². The molecule has 2 atom stereocenters. The smallest absolute Gasteiger partial charge is 0.119 e. The molecule has 22 heavy (non-hydrogen) atoms. The van der Waals surface area contributed by atoms with Crippen LogP contribution in [0.25, 0.3) is 0 Å². The summed E-state index contributed by atoms with van der Waals surface area (Å²) in [5.74, 6) is 0.669. The standard InChI is InChI=1S/C20H25NO/c1-21-14-8-7-11-17(21)15-19(16-9-3-2-4-10-16)18-12-5-6-13-20(18)22/h2-6,9-10,12-13,17,19,22H,7-8,11,14-15H2,1H3. The number of hydrogen-bond acceptors (Lipinski definition) is 2. The Kier molecular flexibility index (Phi) is 4.79. The highest BCUT2D eigenvalue weighted by molar-refractivity contribution is 5.41. The summed E-state index contributed by atoms with van der Waals surface area (Å²) in [7, 11) is 2.23. The van der Waals surface area contributed by atoms with Crippen LogP contribution in [-0.4, -0.2) is 29.6 Å². The first kappa shape index (κ1) is 15.1. The van der Waals surface area contributed by atoms with Gasteiger partial charge in [-0.3, -0.25) is 0 Å². The predicted molar refractivity (Wildman–Crippen MR) is 91.3 cm³/mol. The van der Waals surface area contributed by atoms with Gasteiger partial charge in [-0.15, -0.1) is 0 Å². The molecule has 2 aromatic rings. The molecule has 1 N–H and O–H groups in total. The Labute approximate surface area is 133 Å². The average Bonchev–Trinajstić information content (AvgIpc) is 2.56. The Bertz CT molecular complexity index is 596. The molecule has 2 heteroatoms. The second-order valence-electron chi connectivity index (χ2n) is 6.39. The molecule has 0 spiro atoms. The van der Waals surface area contributed by atoms with Crippen LogP contribution in [0.2, 0.25) is 0 Å². The third-order valence-electron chi connectivity index (χ3n) is 4.94. The van der Waals surface area contributed by atoms with Gasteiger partial charge in [0.15, 0.2) is 0 Å². The molecule has 116 valence electrons. The fraction of sp³-hybridized carbons (Fsp3) is 0.400. The van der Waals surface area contributed by atoms with Crippen molar-refractivity contribution in [1.82, 2.24) is 4.90 Å². The lowest BCUT2D eigenvalue weighted by Crippen LogP contribution is -2.37. The second-order valence-corrected chi connectivity index (χ2v) is 6.39. The zero-order chi connectivity index (χ0) is 15.4. The highest BCUT2D eigenvalue weighted by Gasteiger charge is 2.26. The van der Waals surface area contributed by atoms with E-state index in [4.69, 9.17) is 0 Å². The molecule has 2 nitrogen and oxygen atoms in total. The summed E-state index contributed by atoms with van der Waals surface area (Å²) in [5, 5.41) is 10.3. The van der Waals surface area contributed by atoms with Crippen LogP contribution in [0.4, 0.5) is 0 Å². The Morgan fingerprint density at radius 1 is 1.05 bits per heavy atom. The first-order valence-electron chi connectivity index (χ1n) is 8.29. The van der Waals surface area contributed by atoms with Gasteiger partial charge in [0.1, 0.15) is 5.75 Å². The molecule has 1 aliphatic heterocycles. The van der Waals surface area contributed by atoms with E-state index in [1.54, 1.807) is 6.07 Å². The Morgan fingerprint density at radius 2 is 1.77 bits per heavy atom. The maximum Gasteiger partial charge on any atom is 0.119 e. The molecule has 0 radical (unpaired) electrons. The minimum absolute atomic E-state index is 0.257. The predicted octanol–water partition coefficient (Wildman–Crippen LogP) is 4.40. The fourth-order valence-corrected chi connectivity index (χ4v) is 3.62. The lowest BCUT2D eigenvalue weighted by Gasteiger charge is -2.35. The SMILES string of the molecule is CN1CCCCC1CC(c1ccccc1)c1ccccc1O. The molecule has 1 fully saturated rings. The molecule has 1 heterocycles. The number of aromatic hydroxyl groups is 1. The fourth-order valence-electron chi connectivity index (χ4n) is 3.62. The first-order chi connectivity index (χ1) is 10.8. The largest absolute Gasteiger partial charge is 0.508 e. The van der Waals surface area contributed by atoms with Crippen molar-refractivity contribution >= 4 is 0 Å². The van der Waals surface area contributed by atoms with Crippen molar-refractivity contribution in [3.63, 3.8) is 0 Å². The topological polar surface area (TPSA) is 23.5 Å². The van der Waals surface area contributed by atoms with E-state index in [1.807, 2.05) is 12.1 Å². The molecule has 0 aliphatic carbocycles. The van der Waals surface area contributed by atoms with Crippen LogP contribution in [0, 0.1) is 0 Å². The second kappa shape index (κ2) is 6.97. The number of rotatable bonds is 4. The Balaban J connectivity index is 1.91. The van der Waals surface area contributed by atoms with E-state index >= 15 is 0 Å². The minimum Gasteiger partial charge on any atom is -0.508 e. The van der Waals surface area contributed by atoms with Gasteiger partial charge in [0.2, 0.25) is 0 Å². The summed E-state index contributed by atoms with van der Waals surface area (Å²) >= 11 is 0. The number of piperidine rings is 1. The van der Waals surface area contributed by atoms with Gasteiger partial charge in [0.05, 0.1) is 0 Å². The third-order valence-corrected chi connectivity index (χ3v) is 4.94. The first-order valence-corrected chi connectivity index (χ1v) is 8.29. The molecule has 0 bridgehead atoms. The van der Waals surface area contributed by atoms with Gasteiger partial charge in [-0.1, -0.05) is 55.0 Å². The zero-order valence-corrected chi connectivity index (χ0v) is 13.3. The molecule has 2 aromatic carbocycles. The molecular formula is C20H25NO. The Hall–Kier alpha value is -1.80. The van der Waals surface area contributed by atoms with E-state index in [0.717, 1.165) is 12.0 Å². The summed E-state index contributed by atoms with van der Waals surface area (Å²) in [6.07, 6.45) is 4.95. The number of phenols is 1. The summed E-state index contributed by atoms with van der Waals surface area (Å²) < 4.78 is 0. The van der Waals surface area contributed by atoms with Crippen molar-refractivity contribution in [2.45, 2.75) is 37.6 Å². The van der Waals surface area contributed by atoms with Gasteiger partial charge in [-0.25, -0.2) is 0 Å². The van der Waals surface area contributed by atoms with Gasteiger partial charge < -0.3 is 10.0 Å². The van der Waals surface area contributed by atoms with Crippen LogP contribution in [0.1, 0.15) is 42.7 Å². The van der Waals surface area contributed by atoms with Crippen LogP contribution in [0.3, 0.4) is 0 Å². The summed E-state index contributed by atoms with van der Waals surface area (Å²) in [6, 6.07) is 19.0. The van der Waals surface area contributed by atoms with Gasteiger partial charge in [-0.2, -0.15) is 0 Å². The highest BCUT2D eigenvalue weighted by Crippen LogP contribution is 2.36. The monoisotopic (exact) mass is 295 g/mol. The molecule has 0 amide bonds. The van der Waals surface area contributed by atoms with Crippen LogP contribution in [0.15, 0.2) is 54.6 Å². The minimum atomic E-state index is 0.257. The van der Waals surface area contributed by atoms with Crippen LogP contribution >= 0.6 is 0 Å². The van der Waals surface area contributed by atoms with Gasteiger partial charge >= 0.3 is 0 Å². The number of likely N-dealkylation sites (tertiary alicyclic amines) is 1. The maximum absolute atomic E-state index is 10.3. The zero-order valence-electron chi connectivity index (χ0n) is 13.3. The van der Waals surface area contributed by atoms with Crippen molar-refractivity contribution in [3.05, 3.63) is 65.7 Å². The molecule has 1 saturated heterocycles. The third kappa shape index (κ3) is 3.33.